The molecule has 0 amide bonds. The Kier molecular flexibility index (Phi) is 3.88. The van der Waals surface area contributed by atoms with Crippen molar-refractivity contribution in [3.8, 4) is 11.8 Å². The number of rotatable bonds is 0. The lowest BCUT2D eigenvalue weighted by Gasteiger charge is -2.22. The van der Waals surface area contributed by atoms with Crippen LogP contribution in [0.25, 0.3) is 0 Å². The fourth-order valence-electron chi connectivity index (χ4n) is 2.01. The van der Waals surface area contributed by atoms with E-state index in [0.717, 1.165) is 24.8 Å². The molecule has 1 saturated carbocycles. The summed E-state index contributed by atoms with van der Waals surface area (Å²) < 4.78 is 0. The Morgan fingerprint density at radius 3 is 2.69 bits per heavy atom. The van der Waals surface area contributed by atoms with E-state index in [2.05, 4.69) is 11.8 Å². The van der Waals surface area contributed by atoms with E-state index in [9.17, 15) is 5.11 Å². The fourth-order valence-corrected chi connectivity index (χ4v) is 2.20. The highest BCUT2D eigenvalue weighted by atomic mass is 35.5. The molecule has 1 aromatic carbocycles. The zero-order valence-corrected chi connectivity index (χ0v) is 9.87. The van der Waals surface area contributed by atoms with Crippen LogP contribution in [0.4, 0.5) is 0 Å². The Morgan fingerprint density at radius 1 is 1.19 bits per heavy atom. The highest BCUT2D eigenvalue weighted by molar-refractivity contribution is 6.31. The quantitative estimate of drug-likeness (QED) is 0.684. The Hall–Kier alpha value is -0.970. The van der Waals surface area contributed by atoms with Crippen LogP contribution in [-0.4, -0.2) is 11.2 Å². The van der Waals surface area contributed by atoms with E-state index in [1.807, 2.05) is 24.3 Å². The van der Waals surface area contributed by atoms with Crippen molar-refractivity contribution in [3.05, 3.63) is 34.9 Å². The van der Waals surface area contributed by atoms with Gasteiger partial charge in [0.05, 0.1) is 11.1 Å². The van der Waals surface area contributed by atoms with Crippen LogP contribution in [0.3, 0.4) is 0 Å². The lowest BCUT2D eigenvalue weighted by Crippen LogP contribution is -2.22. The van der Waals surface area contributed by atoms with Gasteiger partial charge < -0.3 is 5.11 Å². The zero-order chi connectivity index (χ0) is 11.4. The molecule has 0 aromatic heterocycles. The first-order valence-electron chi connectivity index (χ1n) is 5.71. The lowest BCUT2D eigenvalue weighted by molar-refractivity contribution is 0.0970. The summed E-state index contributed by atoms with van der Waals surface area (Å²) in [5.41, 5.74) is 0.849. The van der Waals surface area contributed by atoms with Crippen molar-refractivity contribution in [2.75, 3.05) is 0 Å². The molecule has 1 aliphatic carbocycles. The first-order chi connectivity index (χ1) is 7.77. The van der Waals surface area contributed by atoms with Gasteiger partial charge >= 0.3 is 0 Å². The molecule has 16 heavy (non-hydrogen) atoms. The molecule has 2 rings (SSSR count). The van der Waals surface area contributed by atoms with Gasteiger partial charge in [-0.05, 0) is 25.0 Å². The molecule has 1 nitrogen and oxygen atoms in total. The zero-order valence-electron chi connectivity index (χ0n) is 9.12. The standard InChI is InChI=1S/C14H15ClO/c15-13-7-3-1-5-11(13)9-10-12-6-2-4-8-14(12)16/h1,3,5,7,12,14,16H,2,4,6,8H2/t12-,14+/m1/s1. The van der Waals surface area contributed by atoms with Gasteiger partial charge in [0.1, 0.15) is 0 Å². The Balaban J connectivity index is 2.12. The van der Waals surface area contributed by atoms with Gasteiger partial charge in [-0.25, -0.2) is 0 Å². The molecular formula is C14H15ClO. The number of hydrogen-bond acceptors (Lipinski definition) is 1. The molecule has 1 aromatic rings. The van der Waals surface area contributed by atoms with Crippen LogP contribution in [0.1, 0.15) is 31.2 Å². The predicted octanol–water partition coefficient (Wildman–Crippen LogP) is 3.24. The third-order valence-corrected chi connectivity index (χ3v) is 3.33. The van der Waals surface area contributed by atoms with Crippen molar-refractivity contribution >= 4 is 11.6 Å². The summed E-state index contributed by atoms with van der Waals surface area (Å²) in [5, 5.41) is 10.5. The van der Waals surface area contributed by atoms with Crippen LogP contribution in [-0.2, 0) is 0 Å². The molecule has 0 bridgehead atoms. The molecule has 1 fully saturated rings. The minimum Gasteiger partial charge on any atom is -0.392 e. The van der Waals surface area contributed by atoms with Gasteiger partial charge in [-0.15, -0.1) is 0 Å². The monoisotopic (exact) mass is 234 g/mol. The van der Waals surface area contributed by atoms with Crippen molar-refractivity contribution in [2.24, 2.45) is 5.92 Å². The van der Waals surface area contributed by atoms with Gasteiger partial charge in [0.25, 0.3) is 0 Å². The van der Waals surface area contributed by atoms with Gasteiger partial charge in [0.2, 0.25) is 0 Å². The van der Waals surface area contributed by atoms with Gasteiger partial charge in [0.15, 0.2) is 0 Å². The second-order valence-corrected chi connectivity index (χ2v) is 4.61. The van der Waals surface area contributed by atoms with Crippen LogP contribution >= 0.6 is 11.6 Å². The molecule has 0 aliphatic heterocycles. The lowest BCUT2D eigenvalue weighted by atomic mass is 9.87. The van der Waals surface area contributed by atoms with Crippen molar-refractivity contribution in [1.82, 2.24) is 0 Å². The molecule has 0 saturated heterocycles. The summed E-state index contributed by atoms with van der Waals surface area (Å²) in [6, 6.07) is 7.56. The molecule has 84 valence electrons. The first-order valence-corrected chi connectivity index (χ1v) is 6.09. The number of benzene rings is 1. The highest BCUT2D eigenvalue weighted by Crippen LogP contribution is 2.24. The van der Waals surface area contributed by atoms with E-state index in [1.54, 1.807) is 0 Å². The number of halogens is 1. The van der Waals surface area contributed by atoms with Crippen LogP contribution < -0.4 is 0 Å². The van der Waals surface area contributed by atoms with Crippen LogP contribution in [0, 0.1) is 17.8 Å². The number of hydrogen-bond donors (Lipinski definition) is 1. The molecule has 0 unspecified atom stereocenters. The van der Waals surface area contributed by atoms with Gasteiger partial charge in [-0.2, -0.15) is 0 Å². The number of aliphatic hydroxyl groups is 1. The predicted molar refractivity (Wildman–Crippen MR) is 66.3 cm³/mol. The third-order valence-electron chi connectivity index (χ3n) is 3.00. The van der Waals surface area contributed by atoms with Gasteiger partial charge in [-0.1, -0.05) is 48.4 Å². The van der Waals surface area contributed by atoms with Crippen LogP contribution in [0.2, 0.25) is 5.02 Å². The van der Waals surface area contributed by atoms with Crippen LogP contribution in [0.5, 0.6) is 0 Å². The molecule has 2 heteroatoms. The normalized spacial score (nSPS) is 24.6. The van der Waals surface area contributed by atoms with Crippen molar-refractivity contribution < 1.29 is 5.11 Å². The second-order valence-electron chi connectivity index (χ2n) is 4.21. The summed E-state index contributed by atoms with van der Waals surface area (Å²) in [4.78, 5) is 0. The minimum absolute atomic E-state index is 0.116. The molecule has 0 spiro atoms. The maximum absolute atomic E-state index is 9.78. The topological polar surface area (TPSA) is 20.2 Å². The summed E-state index contributed by atoms with van der Waals surface area (Å²) in [5.74, 6) is 6.33. The summed E-state index contributed by atoms with van der Waals surface area (Å²) >= 11 is 6.01. The Bertz CT molecular complexity index is 416. The van der Waals surface area contributed by atoms with Gasteiger partial charge in [-0.3, -0.25) is 0 Å². The van der Waals surface area contributed by atoms with Crippen molar-refractivity contribution in [1.29, 1.82) is 0 Å². The molecule has 0 heterocycles. The third kappa shape index (κ3) is 2.78. The van der Waals surface area contributed by atoms with E-state index in [0.29, 0.717) is 5.02 Å². The molecule has 2 atom stereocenters. The molecule has 1 N–H and O–H groups in total. The maximum atomic E-state index is 9.78. The van der Waals surface area contributed by atoms with Crippen molar-refractivity contribution in [3.63, 3.8) is 0 Å². The summed E-state index contributed by atoms with van der Waals surface area (Å²) in [7, 11) is 0. The first kappa shape index (κ1) is 11.5. The minimum atomic E-state index is -0.260. The van der Waals surface area contributed by atoms with Gasteiger partial charge in [0, 0.05) is 11.5 Å². The molecule has 1 aliphatic rings. The Morgan fingerprint density at radius 2 is 1.94 bits per heavy atom. The number of aliphatic hydroxyl groups excluding tert-OH is 1. The van der Waals surface area contributed by atoms with E-state index in [-0.39, 0.29) is 12.0 Å². The molecule has 0 radical (unpaired) electrons. The van der Waals surface area contributed by atoms with E-state index >= 15 is 0 Å². The van der Waals surface area contributed by atoms with E-state index in [4.69, 9.17) is 11.6 Å². The van der Waals surface area contributed by atoms with Crippen molar-refractivity contribution in [2.45, 2.75) is 31.8 Å². The second kappa shape index (κ2) is 5.39. The largest absolute Gasteiger partial charge is 0.392 e. The average Bonchev–Trinajstić information content (AvgIpc) is 2.30. The highest BCUT2D eigenvalue weighted by Gasteiger charge is 2.20. The Labute approximate surface area is 101 Å². The maximum Gasteiger partial charge on any atom is 0.0677 e. The fraction of sp³-hybridized carbons (Fsp3) is 0.429. The van der Waals surface area contributed by atoms with E-state index < -0.39 is 0 Å². The average molecular weight is 235 g/mol. The summed E-state index contributed by atoms with van der Waals surface area (Å²) in [6.07, 6.45) is 3.90. The van der Waals surface area contributed by atoms with E-state index in [1.165, 1.54) is 6.42 Å². The smallest absolute Gasteiger partial charge is 0.0677 e. The SMILES string of the molecule is O[C@H]1CCCC[C@@H]1C#Cc1ccccc1Cl. The van der Waals surface area contributed by atoms with Crippen LogP contribution in [0.15, 0.2) is 24.3 Å². The summed E-state index contributed by atoms with van der Waals surface area (Å²) in [6.45, 7) is 0. The molecular weight excluding hydrogens is 220 g/mol.